The summed E-state index contributed by atoms with van der Waals surface area (Å²) in [5.41, 5.74) is 8.50. The van der Waals surface area contributed by atoms with Crippen LogP contribution in [0.1, 0.15) is 29.5 Å². The van der Waals surface area contributed by atoms with Crippen molar-refractivity contribution in [2.75, 3.05) is 23.4 Å². The summed E-state index contributed by atoms with van der Waals surface area (Å²) < 4.78 is 0. The average Bonchev–Trinajstić information content (AvgIpc) is 2.60. The number of aryl methyl sites for hydroxylation is 1. The van der Waals surface area contributed by atoms with Gasteiger partial charge in [-0.1, -0.05) is 18.2 Å². The number of para-hydroxylation sites is 1. The maximum absolute atomic E-state index is 10.6. The molecular formula is C19H21N3O. The summed E-state index contributed by atoms with van der Waals surface area (Å²) in [5, 5.41) is 14.9. The van der Waals surface area contributed by atoms with Crippen LogP contribution in [0.3, 0.4) is 0 Å². The molecule has 4 rings (SSSR count). The summed E-state index contributed by atoms with van der Waals surface area (Å²) in [4.78, 5) is 2.43. The first-order valence-corrected chi connectivity index (χ1v) is 8.30. The fourth-order valence-electron chi connectivity index (χ4n) is 3.66. The van der Waals surface area contributed by atoms with E-state index in [1.165, 1.54) is 17.7 Å². The zero-order valence-electron chi connectivity index (χ0n) is 13.1. The highest BCUT2D eigenvalue weighted by atomic mass is 16.3. The van der Waals surface area contributed by atoms with Crippen molar-refractivity contribution < 1.29 is 5.11 Å². The van der Waals surface area contributed by atoms with Crippen LogP contribution in [0.25, 0.3) is 0 Å². The summed E-state index contributed by atoms with van der Waals surface area (Å²) in [6.07, 6.45) is 6.08. The van der Waals surface area contributed by atoms with Gasteiger partial charge < -0.3 is 10.0 Å². The molecule has 23 heavy (non-hydrogen) atoms. The molecule has 0 fully saturated rings. The van der Waals surface area contributed by atoms with Crippen LogP contribution in [0.2, 0.25) is 0 Å². The molecule has 2 aromatic carbocycles. The second kappa shape index (κ2) is 5.95. The van der Waals surface area contributed by atoms with Crippen molar-refractivity contribution in [3.8, 4) is 5.75 Å². The number of hydrogen-bond donors (Lipinski definition) is 2. The molecule has 0 amide bonds. The third-order valence-corrected chi connectivity index (χ3v) is 4.70. The molecule has 0 atom stereocenters. The number of nitrogens with one attached hydrogen (secondary N) is 1. The summed E-state index contributed by atoms with van der Waals surface area (Å²) in [6, 6.07) is 11.9. The van der Waals surface area contributed by atoms with Gasteiger partial charge in [-0.05, 0) is 49.4 Å². The van der Waals surface area contributed by atoms with Crippen LogP contribution in [0.15, 0.2) is 41.5 Å². The normalized spacial score (nSPS) is 16.4. The average molecular weight is 307 g/mol. The second-order valence-electron chi connectivity index (χ2n) is 6.23. The standard InChI is InChI=1S/C19H21N3O/c23-19-15(13-20-21-16-7-2-1-3-8-16)12-14-6-4-10-22-11-5-9-17(19)18(14)22/h1-3,7-8,12-13,21,23H,4-6,9-11H2/b20-13-. The quantitative estimate of drug-likeness (QED) is 0.673. The predicted octanol–water partition coefficient (Wildman–Crippen LogP) is 3.54. The maximum atomic E-state index is 10.6. The Kier molecular flexibility index (Phi) is 3.66. The zero-order valence-corrected chi connectivity index (χ0v) is 13.1. The van der Waals surface area contributed by atoms with Gasteiger partial charge in [0, 0.05) is 29.9 Å². The van der Waals surface area contributed by atoms with Gasteiger partial charge >= 0.3 is 0 Å². The summed E-state index contributed by atoms with van der Waals surface area (Å²) in [5.74, 6) is 0.397. The highest BCUT2D eigenvalue weighted by Gasteiger charge is 2.27. The summed E-state index contributed by atoms with van der Waals surface area (Å²) in [6.45, 7) is 2.23. The topological polar surface area (TPSA) is 47.9 Å². The monoisotopic (exact) mass is 307 g/mol. The van der Waals surface area contributed by atoms with Crippen LogP contribution >= 0.6 is 0 Å². The van der Waals surface area contributed by atoms with E-state index in [1.54, 1.807) is 6.21 Å². The first-order chi connectivity index (χ1) is 11.3. The Morgan fingerprint density at radius 2 is 1.87 bits per heavy atom. The van der Waals surface area contributed by atoms with Crippen molar-refractivity contribution in [3.05, 3.63) is 53.1 Å². The first kappa shape index (κ1) is 14.1. The van der Waals surface area contributed by atoms with E-state index < -0.39 is 0 Å². The molecule has 0 spiro atoms. The van der Waals surface area contributed by atoms with Crippen molar-refractivity contribution in [3.63, 3.8) is 0 Å². The molecule has 2 heterocycles. The van der Waals surface area contributed by atoms with Gasteiger partial charge in [0.1, 0.15) is 5.75 Å². The number of phenols is 1. The van der Waals surface area contributed by atoms with Crippen molar-refractivity contribution in [2.24, 2.45) is 5.10 Å². The number of phenolic OH excluding ortho intramolecular Hbond substituents is 1. The number of benzene rings is 2. The van der Waals surface area contributed by atoms with Crippen molar-refractivity contribution in [1.82, 2.24) is 0 Å². The highest BCUT2D eigenvalue weighted by molar-refractivity contribution is 5.88. The minimum atomic E-state index is 0.397. The third kappa shape index (κ3) is 2.65. The molecule has 118 valence electrons. The van der Waals surface area contributed by atoms with Crippen LogP contribution in [0.4, 0.5) is 11.4 Å². The molecular weight excluding hydrogens is 286 g/mol. The van der Waals surface area contributed by atoms with E-state index in [9.17, 15) is 5.11 Å². The Morgan fingerprint density at radius 1 is 1.09 bits per heavy atom. The third-order valence-electron chi connectivity index (χ3n) is 4.70. The van der Waals surface area contributed by atoms with E-state index in [4.69, 9.17) is 0 Å². The lowest BCUT2D eigenvalue weighted by Gasteiger charge is -2.37. The molecule has 2 aliphatic heterocycles. The molecule has 0 radical (unpaired) electrons. The van der Waals surface area contributed by atoms with Gasteiger partial charge in [0.25, 0.3) is 0 Å². The molecule has 2 aliphatic rings. The number of anilines is 2. The van der Waals surface area contributed by atoms with Crippen LogP contribution in [0, 0.1) is 0 Å². The number of aromatic hydroxyl groups is 1. The minimum absolute atomic E-state index is 0.397. The Balaban J connectivity index is 1.64. The predicted molar refractivity (Wildman–Crippen MR) is 94.6 cm³/mol. The Morgan fingerprint density at radius 3 is 2.70 bits per heavy atom. The lowest BCUT2D eigenvalue weighted by atomic mass is 9.89. The maximum Gasteiger partial charge on any atom is 0.129 e. The molecule has 0 aliphatic carbocycles. The second-order valence-corrected chi connectivity index (χ2v) is 6.23. The number of nitrogens with zero attached hydrogens (tertiary/aromatic N) is 2. The van der Waals surface area contributed by atoms with Crippen LogP contribution in [0.5, 0.6) is 5.75 Å². The molecule has 0 saturated carbocycles. The first-order valence-electron chi connectivity index (χ1n) is 8.30. The summed E-state index contributed by atoms with van der Waals surface area (Å²) in [7, 11) is 0. The zero-order chi connectivity index (χ0) is 15.6. The highest BCUT2D eigenvalue weighted by Crippen LogP contribution is 2.41. The molecule has 2 aromatic rings. The lowest BCUT2D eigenvalue weighted by molar-refractivity contribution is 0.461. The number of rotatable bonds is 3. The molecule has 4 heteroatoms. The van der Waals surface area contributed by atoms with Gasteiger partial charge in [0.15, 0.2) is 0 Å². The number of hydrazone groups is 1. The van der Waals surface area contributed by atoms with E-state index in [0.717, 1.165) is 49.2 Å². The van der Waals surface area contributed by atoms with Crippen molar-refractivity contribution in [1.29, 1.82) is 0 Å². The molecule has 4 nitrogen and oxygen atoms in total. The van der Waals surface area contributed by atoms with E-state index in [-0.39, 0.29) is 0 Å². The largest absolute Gasteiger partial charge is 0.507 e. The SMILES string of the molecule is Oc1c(/C=N\Nc2ccccc2)cc2c3c1CCCN3CCC2. The van der Waals surface area contributed by atoms with Gasteiger partial charge in [-0.15, -0.1) is 0 Å². The van der Waals surface area contributed by atoms with Crippen LogP contribution in [-0.4, -0.2) is 24.4 Å². The van der Waals surface area contributed by atoms with Crippen molar-refractivity contribution >= 4 is 17.6 Å². The van der Waals surface area contributed by atoms with E-state index in [0.29, 0.717) is 5.75 Å². The van der Waals surface area contributed by atoms with E-state index >= 15 is 0 Å². The van der Waals surface area contributed by atoms with Crippen LogP contribution < -0.4 is 10.3 Å². The van der Waals surface area contributed by atoms with E-state index in [1.807, 2.05) is 30.3 Å². The van der Waals surface area contributed by atoms with Gasteiger partial charge in [-0.2, -0.15) is 5.10 Å². The summed E-state index contributed by atoms with van der Waals surface area (Å²) >= 11 is 0. The van der Waals surface area contributed by atoms with Gasteiger partial charge in [-0.25, -0.2) is 0 Å². The fraction of sp³-hybridized carbons (Fsp3) is 0.316. The molecule has 2 N–H and O–H groups in total. The Bertz CT molecular complexity index is 738. The smallest absolute Gasteiger partial charge is 0.129 e. The molecule has 0 bridgehead atoms. The Labute approximate surface area is 136 Å². The molecule has 0 aromatic heterocycles. The lowest BCUT2D eigenvalue weighted by Crippen LogP contribution is -2.34. The van der Waals surface area contributed by atoms with Crippen molar-refractivity contribution in [2.45, 2.75) is 25.7 Å². The molecule has 0 unspecified atom stereocenters. The van der Waals surface area contributed by atoms with Crippen LogP contribution in [-0.2, 0) is 12.8 Å². The minimum Gasteiger partial charge on any atom is -0.507 e. The van der Waals surface area contributed by atoms with Gasteiger partial charge in [0.05, 0.1) is 11.9 Å². The van der Waals surface area contributed by atoms with E-state index in [2.05, 4.69) is 21.5 Å². The fourth-order valence-corrected chi connectivity index (χ4v) is 3.66. The van der Waals surface area contributed by atoms with Gasteiger partial charge in [0.2, 0.25) is 0 Å². The Hall–Kier alpha value is -2.49. The van der Waals surface area contributed by atoms with Gasteiger partial charge in [-0.3, -0.25) is 5.43 Å². The molecule has 0 saturated heterocycles. The number of hydrogen-bond acceptors (Lipinski definition) is 4.